The van der Waals surface area contributed by atoms with Crippen LogP contribution in [0.15, 0.2) is 121 Å². The molecule has 0 bridgehead atoms. The number of benzene rings is 5. The molecule has 0 aliphatic carbocycles. The topological polar surface area (TPSA) is 147 Å². The number of halogens is 1. The Morgan fingerprint density at radius 1 is 0.806 bits per heavy atom. The number of anilines is 3. The molecular weight excluding hydrogens is 808 g/mol. The van der Waals surface area contributed by atoms with E-state index in [0.717, 1.165) is 5.56 Å². The van der Waals surface area contributed by atoms with Gasteiger partial charge in [-0.15, -0.1) is 0 Å². The number of amides is 4. The number of hydrogen-bond acceptors (Lipinski definition) is 8. The van der Waals surface area contributed by atoms with Gasteiger partial charge in [-0.25, -0.2) is 0 Å². The number of carbonyl (C=O) groups excluding carboxylic acids is 4. The molecular formula is C48H51FN4O8Si. The monoisotopic (exact) mass is 858 g/mol. The lowest BCUT2D eigenvalue weighted by atomic mass is 9.82. The van der Waals surface area contributed by atoms with Gasteiger partial charge in [0.25, 0.3) is 17.7 Å². The molecule has 7 rings (SSSR count). The van der Waals surface area contributed by atoms with E-state index in [9.17, 15) is 19.5 Å². The average molecular weight is 859 g/mol. The van der Waals surface area contributed by atoms with E-state index in [-0.39, 0.29) is 44.5 Å². The minimum Gasteiger partial charge on any atom is -0.497 e. The van der Waals surface area contributed by atoms with E-state index in [0.29, 0.717) is 50.8 Å². The number of hydrogen-bond donors (Lipinski definition) is 3. The number of methoxy groups -OCH3 is 2. The highest BCUT2D eigenvalue weighted by Gasteiger charge is 2.67. The van der Waals surface area contributed by atoms with Gasteiger partial charge in [-0.05, 0) is 103 Å². The number of nitrogens with one attached hydrogen (secondary N) is 2. The van der Waals surface area contributed by atoms with E-state index in [1.165, 1.54) is 12.0 Å². The van der Waals surface area contributed by atoms with Gasteiger partial charge in [-0.1, -0.05) is 49.4 Å². The highest BCUT2D eigenvalue weighted by molar-refractivity contribution is 6.72. The Labute approximate surface area is 361 Å². The van der Waals surface area contributed by atoms with Crippen LogP contribution < -0.4 is 25.0 Å². The summed E-state index contributed by atoms with van der Waals surface area (Å²) in [5, 5.41) is 15.8. The third-order valence-electron chi connectivity index (χ3n) is 11.8. The zero-order chi connectivity index (χ0) is 44.2. The van der Waals surface area contributed by atoms with Crippen LogP contribution in [0.2, 0.25) is 18.6 Å². The Morgan fingerprint density at radius 3 is 1.95 bits per heavy atom. The van der Waals surface area contributed by atoms with Crippen LogP contribution >= 0.6 is 0 Å². The van der Waals surface area contributed by atoms with Crippen LogP contribution in [0, 0.1) is 5.92 Å². The third-order valence-corrected chi connectivity index (χ3v) is 14.2. The van der Waals surface area contributed by atoms with Gasteiger partial charge in [0.1, 0.15) is 11.5 Å². The summed E-state index contributed by atoms with van der Waals surface area (Å²) in [6.45, 7) is 5.05. The van der Waals surface area contributed by atoms with Gasteiger partial charge in [0.05, 0.1) is 45.6 Å². The summed E-state index contributed by atoms with van der Waals surface area (Å²) in [4.78, 5) is 59.2. The van der Waals surface area contributed by atoms with E-state index in [1.807, 2.05) is 43.3 Å². The second kappa shape index (κ2) is 18.3. The predicted octanol–water partition coefficient (Wildman–Crippen LogP) is 7.94. The molecule has 3 N–H and O–H groups in total. The van der Waals surface area contributed by atoms with Gasteiger partial charge in [0, 0.05) is 52.6 Å². The summed E-state index contributed by atoms with van der Waals surface area (Å²) < 4.78 is 34.2. The van der Waals surface area contributed by atoms with Crippen LogP contribution in [0.3, 0.4) is 0 Å². The summed E-state index contributed by atoms with van der Waals surface area (Å²) in [6.07, 6.45) is -1.19. The second-order valence-electron chi connectivity index (χ2n) is 16.2. The molecule has 2 heterocycles. The van der Waals surface area contributed by atoms with Gasteiger partial charge >= 0.3 is 0 Å². The first-order chi connectivity index (χ1) is 29.7. The van der Waals surface area contributed by atoms with Crippen molar-refractivity contribution in [2.75, 3.05) is 42.9 Å². The number of aliphatic hydroxyl groups excluding tert-OH is 1. The molecule has 0 aromatic heterocycles. The quantitative estimate of drug-likeness (QED) is 0.0711. The molecule has 0 saturated carbocycles. The zero-order valence-corrected chi connectivity index (χ0v) is 36.4. The van der Waals surface area contributed by atoms with Gasteiger partial charge in [-0.3, -0.25) is 19.2 Å². The Bertz CT molecular complexity index is 2430. The van der Waals surface area contributed by atoms with Crippen molar-refractivity contribution in [1.82, 2.24) is 4.90 Å². The normalized spacial score (nSPS) is 19.2. The van der Waals surface area contributed by atoms with Crippen molar-refractivity contribution in [1.29, 1.82) is 0 Å². The van der Waals surface area contributed by atoms with E-state index >= 15 is 8.90 Å². The molecule has 5 aromatic carbocycles. The number of rotatable bonds is 15. The molecule has 0 unspecified atom stereocenters. The molecule has 5 aromatic rings. The van der Waals surface area contributed by atoms with E-state index in [2.05, 4.69) is 10.6 Å². The van der Waals surface area contributed by atoms with Crippen LogP contribution in [0.5, 0.6) is 11.5 Å². The summed E-state index contributed by atoms with van der Waals surface area (Å²) in [7, 11) is -0.586. The Hall–Kier alpha value is -6.35. The molecule has 1 fully saturated rings. The van der Waals surface area contributed by atoms with Crippen molar-refractivity contribution < 1.29 is 42.6 Å². The minimum atomic E-state index is -3.68. The Morgan fingerprint density at radius 2 is 1.39 bits per heavy atom. The molecule has 12 nitrogen and oxygen atoms in total. The van der Waals surface area contributed by atoms with Crippen molar-refractivity contribution >= 4 is 49.1 Å². The van der Waals surface area contributed by atoms with Crippen LogP contribution in [-0.2, 0) is 33.0 Å². The molecule has 1 saturated heterocycles. The maximum Gasteiger partial charge on any atom is 0.264 e. The fourth-order valence-corrected chi connectivity index (χ4v) is 11.3. The fourth-order valence-electron chi connectivity index (χ4n) is 8.82. The van der Waals surface area contributed by atoms with Crippen molar-refractivity contribution in [2.45, 2.75) is 56.8 Å². The first-order valence-corrected chi connectivity index (χ1v) is 23.5. The fraction of sp³-hybridized carbons (Fsp3) is 0.292. The molecule has 4 atom stereocenters. The highest BCUT2D eigenvalue weighted by atomic mass is 28.4. The molecule has 0 radical (unpaired) electrons. The molecule has 14 heteroatoms. The maximum atomic E-state index is 16.8. The summed E-state index contributed by atoms with van der Waals surface area (Å²) in [5.74, 6) is -0.993. The smallest absolute Gasteiger partial charge is 0.264 e. The Balaban J connectivity index is 1.23. The van der Waals surface area contributed by atoms with E-state index in [4.69, 9.17) is 14.2 Å². The zero-order valence-electron chi connectivity index (χ0n) is 35.4. The molecule has 322 valence electrons. The van der Waals surface area contributed by atoms with Gasteiger partial charge in [0.15, 0.2) is 5.60 Å². The number of aliphatic hydroxyl groups is 1. The van der Waals surface area contributed by atoms with Crippen molar-refractivity contribution in [2.24, 2.45) is 5.92 Å². The average Bonchev–Trinajstić information content (AvgIpc) is 3.69. The lowest BCUT2D eigenvalue weighted by Crippen LogP contribution is -2.45. The minimum absolute atomic E-state index is 0.0642. The molecule has 1 spiro atoms. The molecule has 2 aliphatic heterocycles. The van der Waals surface area contributed by atoms with Crippen molar-refractivity contribution in [3.8, 4) is 11.5 Å². The Kier molecular flexibility index (Phi) is 12.9. The van der Waals surface area contributed by atoms with Crippen LogP contribution in [0.25, 0.3) is 0 Å². The van der Waals surface area contributed by atoms with Gasteiger partial charge in [0.2, 0.25) is 14.3 Å². The number of nitrogens with zero attached hydrogens (tertiary/aromatic N) is 2. The number of ether oxygens (including phenoxy) is 3. The predicted molar refractivity (Wildman–Crippen MR) is 238 cm³/mol. The van der Waals surface area contributed by atoms with Crippen LogP contribution in [0.4, 0.5) is 21.2 Å². The summed E-state index contributed by atoms with van der Waals surface area (Å²) in [6, 6.07) is 35.1. The summed E-state index contributed by atoms with van der Waals surface area (Å²) >= 11 is 0. The van der Waals surface area contributed by atoms with Gasteiger partial charge in [-0.2, -0.15) is 0 Å². The first-order valence-electron chi connectivity index (χ1n) is 20.5. The summed E-state index contributed by atoms with van der Waals surface area (Å²) in [5.41, 5.74) is 1.73. The number of carbonyl (C=O) groups is 4. The lowest BCUT2D eigenvalue weighted by molar-refractivity contribution is -0.150. The van der Waals surface area contributed by atoms with Crippen LogP contribution in [0.1, 0.15) is 50.8 Å². The van der Waals surface area contributed by atoms with Gasteiger partial charge < -0.3 is 43.9 Å². The van der Waals surface area contributed by atoms with E-state index in [1.54, 1.807) is 110 Å². The lowest BCUT2D eigenvalue weighted by Gasteiger charge is -2.31. The first kappa shape index (κ1) is 43.7. The van der Waals surface area contributed by atoms with E-state index < -0.39 is 43.4 Å². The molecule has 4 amide bonds. The maximum absolute atomic E-state index is 16.8. The largest absolute Gasteiger partial charge is 0.497 e. The number of fused-ring (bicyclic) bond motifs is 2. The molecule has 2 aliphatic rings. The van der Waals surface area contributed by atoms with Crippen LogP contribution in [-0.4, -0.2) is 75.5 Å². The van der Waals surface area contributed by atoms with Crippen molar-refractivity contribution in [3.63, 3.8) is 0 Å². The SMILES string of the molecule is COc1ccc(C(=O)Nc2cccc(CN3C(=O)[C@]4(O[C@H](CC(=O)N(CCO)Cc5ccccc5)[C@@H]([Si](C)(C)F)[C@@H]4C)c4cc(NC(=O)c5ccc(OC)cc5)ccc43)c2)cc1. The molecule has 62 heavy (non-hydrogen) atoms. The standard InChI is InChI=1S/C48H51FN4O8Si/c1-31-44(62(4,5)49)42(28-43(55)52(24-25-54)29-32-10-7-6-8-11-32)61-48(31)40-27-37(51-46(57)35-16-21-39(60-3)22-17-35)18-23-41(40)53(47(48)58)30-33-12-9-13-36(26-33)50-45(56)34-14-19-38(59-2)20-15-34/h6-23,26-27,31,42,44,54H,24-25,28-30H2,1-5H3,(H,50,56)(H,51,57)/t31-,42+,44-,48+/m0/s1. The second-order valence-corrected chi connectivity index (χ2v) is 20.0. The highest BCUT2D eigenvalue weighted by Crippen LogP contribution is 2.60. The third kappa shape index (κ3) is 8.98. The van der Waals surface area contributed by atoms with Crippen molar-refractivity contribution in [3.05, 3.63) is 149 Å².